The fourth-order valence-corrected chi connectivity index (χ4v) is 1.14. The minimum atomic E-state index is 0.224. The van der Waals surface area contributed by atoms with E-state index in [2.05, 4.69) is 10.3 Å². The largest absolute Gasteiger partial charge is 0.241 e. The molecule has 0 bridgehead atoms. The van der Waals surface area contributed by atoms with Crippen molar-refractivity contribution in [2.45, 2.75) is 6.54 Å². The predicted octanol–water partition coefficient (Wildman–Crippen LogP) is 1.60. The summed E-state index contributed by atoms with van der Waals surface area (Å²) in [5.74, 6) is 0. The first-order chi connectivity index (χ1) is 5.90. The Labute approximate surface area is 68.8 Å². The second-order valence-corrected chi connectivity index (χ2v) is 2.52. The molecule has 2 aromatic heterocycles. The van der Waals surface area contributed by atoms with Crippen LogP contribution >= 0.6 is 0 Å². The summed E-state index contributed by atoms with van der Waals surface area (Å²) < 4.78 is 1.74. The van der Waals surface area contributed by atoms with Gasteiger partial charge in [0.15, 0.2) is 0 Å². The number of fused-ring (bicyclic) bond motifs is 1. The number of hydrogen-bond donors (Lipinski definition) is 0. The Hall–Kier alpha value is -1.71. The highest BCUT2D eigenvalue weighted by Crippen LogP contribution is 2.06. The van der Waals surface area contributed by atoms with E-state index < -0.39 is 0 Å². The van der Waals surface area contributed by atoms with Gasteiger partial charge in [-0.25, -0.2) is 4.52 Å². The zero-order chi connectivity index (χ0) is 8.39. The Kier molecular flexibility index (Phi) is 1.59. The van der Waals surface area contributed by atoms with E-state index in [9.17, 15) is 4.91 Å². The normalized spacial score (nSPS) is 10.3. The Bertz CT molecular complexity index is 407. The molecule has 0 radical (unpaired) electrons. The van der Waals surface area contributed by atoms with Crippen molar-refractivity contribution < 1.29 is 0 Å². The summed E-state index contributed by atoms with van der Waals surface area (Å²) in [7, 11) is 0. The number of nitrogens with zero attached hydrogens (tertiary/aromatic N) is 3. The first-order valence-corrected chi connectivity index (χ1v) is 3.61. The van der Waals surface area contributed by atoms with Crippen LogP contribution in [0.1, 0.15) is 5.56 Å². The quantitative estimate of drug-likeness (QED) is 0.628. The molecule has 0 aromatic carbocycles. The van der Waals surface area contributed by atoms with Gasteiger partial charge in [-0.3, -0.25) is 0 Å². The molecule has 0 aliphatic carbocycles. The van der Waals surface area contributed by atoms with Gasteiger partial charge in [0.25, 0.3) is 0 Å². The second kappa shape index (κ2) is 2.73. The summed E-state index contributed by atoms with van der Waals surface area (Å²) in [5, 5.41) is 6.85. The van der Waals surface area contributed by atoms with Gasteiger partial charge in [0, 0.05) is 12.4 Å². The third-order valence-corrected chi connectivity index (χ3v) is 1.71. The molecule has 0 aliphatic rings. The highest BCUT2D eigenvalue weighted by molar-refractivity contribution is 5.47. The van der Waals surface area contributed by atoms with E-state index in [1.165, 1.54) is 0 Å². The summed E-state index contributed by atoms with van der Waals surface area (Å²) >= 11 is 0. The van der Waals surface area contributed by atoms with Crippen LogP contribution in [0.15, 0.2) is 35.8 Å². The molecule has 0 saturated heterocycles. The first kappa shape index (κ1) is 6.97. The fraction of sp³-hybridized carbons (Fsp3) is 0.125. The Morgan fingerprint density at radius 2 is 2.42 bits per heavy atom. The maximum Gasteiger partial charge on any atom is 0.106 e. The number of nitroso groups, excluding NO2 is 1. The first-order valence-electron chi connectivity index (χ1n) is 3.61. The lowest BCUT2D eigenvalue weighted by atomic mass is 10.2. The molecular formula is C8H7N3O. The lowest BCUT2D eigenvalue weighted by Gasteiger charge is -1.95. The minimum Gasteiger partial charge on any atom is -0.241 e. The molecule has 0 spiro atoms. The SMILES string of the molecule is O=NCc1ccn2nccc2c1. The molecule has 0 unspecified atom stereocenters. The molecule has 0 atom stereocenters. The Morgan fingerprint density at radius 1 is 1.50 bits per heavy atom. The van der Waals surface area contributed by atoms with Crippen molar-refractivity contribution in [1.29, 1.82) is 0 Å². The second-order valence-electron chi connectivity index (χ2n) is 2.52. The molecular weight excluding hydrogens is 154 g/mol. The van der Waals surface area contributed by atoms with Gasteiger partial charge in [-0.05, 0) is 23.8 Å². The van der Waals surface area contributed by atoms with Crippen LogP contribution in [-0.2, 0) is 6.54 Å². The average Bonchev–Trinajstić information content (AvgIpc) is 2.51. The predicted molar refractivity (Wildman–Crippen MR) is 44.7 cm³/mol. The standard InChI is InChI=1S/C8H7N3O/c12-10-6-7-2-4-11-8(5-7)1-3-9-11/h1-5H,6H2. The molecule has 2 rings (SSSR count). The van der Waals surface area contributed by atoms with E-state index in [1.54, 1.807) is 10.7 Å². The van der Waals surface area contributed by atoms with Crippen LogP contribution in [0.5, 0.6) is 0 Å². The van der Waals surface area contributed by atoms with Gasteiger partial charge in [0.2, 0.25) is 0 Å². The molecule has 12 heavy (non-hydrogen) atoms. The third-order valence-electron chi connectivity index (χ3n) is 1.71. The van der Waals surface area contributed by atoms with Gasteiger partial charge in [-0.15, -0.1) is 0 Å². The van der Waals surface area contributed by atoms with Crippen LogP contribution in [0.4, 0.5) is 0 Å². The van der Waals surface area contributed by atoms with E-state index in [1.807, 2.05) is 24.4 Å². The number of pyridine rings is 1. The number of hydrogen-bond acceptors (Lipinski definition) is 3. The molecule has 2 heterocycles. The lowest BCUT2D eigenvalue weighted by Crippen LogP contribution is -1.87. The molecule has 2 aromatic rings. The van der Waals surface area contributed by atoms with E-state index in [0.717, 1.165) is 11.1 Å². The zero-order valence-electron chi connectivity index (χ0n) is 6.34. The average molecular weight is 161 g/mol. The summed E-state index contributed by atoms with van der Waals surface area (Å²) in [5.41, 5.74) is 1.90. The molecule has 4 heteroatoms. The number of aromatic nitrogens is 2. The van der Waals surface area contributed by atoms with Crippen LogP contribution in [0.3, 0.4) is 0 Å². The summed E-state index contributed by atoms with van der Waals surface area (Å²) in [4.78, 5) is 9.98. The molecule has 4 nitrogen and oxygen atoms in total. The summed E-state index contributed by atoms with van der Waals surface area (Å²) in [6.07, 6.45) is 3.53. The van der Waals surface area contributed by atoms with Crippen LogP contribution < -0.4 is 0 Å². The molecule has 0 amide bonds. The lowest BCUT2D eigenvalue weighted by molar-refractivity contribution is 0.946. The molecule has 60 valence electrons. The highest BCUT2D eigenvalue weighted by atomic mass is 16.3. The molecule has 0 N–H and O–H groups in total. The van der Waals surface area contributed by atoms with Crippen molar-refractivity contribution in [2.24, 2.45) is 5.18 Å². The fourth-order valence-electron chi connectivity index (χ4n) is 1.14. The monoisotopic (exact) mass is 161 g/mol. The van der Waals surface area contributed by atoms with Gasteiger partial charge >= 0.3 is 0 Å². The summed E-state index contributed by atoms with van der Waals surface area (Å²) in [6.45, 7) is 0.224. The van der Waals surface area contributed by atoms with Gasteiger partial charge in [0.05, 0.1) is 5.52 Å². The third kappa shape index (κ3) is 1.07. The van der Waals surface area contributed by atoms with Gasteiger partial charge in [-0.2, -0.15) is 10.0 Å². The van der Waals surface area contributed by atoms with E-state index in [-0.39, 0.29) is 6.54 Å². The van der Waals surface area contributed by atoms with Gasteiger partial charge < -0.3 is 0 Å². The maximum atomic E-state index is 9.98. The van der Waals surface area contributed by atoms with Crippen molar-refractivity contribution >= 4 is 5.52 Å². The van der Waals surface area contributed by atoms with Crippen LogP contribution in [0.25, 0.3) is 5.52 Å². The minimum absolute atomic E-state index is 0.224. The van der Waals surface area contributed by atoms with Crippen molar-refractivity contribution in [2.75, 3.05) is 0 Å². The highest BCUT2D eigenvalue weighted by Gasteiger charge is 1.95. The summed E-state index contributed by atoms with van der Waals surface area (Å²) in [6, 6.07) is 5.62. The van der Waals surface area contributed by atoms with E-state index in [4.69, 9.17) is 0 Å². The van der Waals surface area contributed by atoms with Crippen molar-refractivity contribution in [3.8, 4) is 0 Å². The van der Waals surface area contributed by atoms with Crippen molar-refractivity contribution in [3.63, 3.8) is 0 Å². The van der Waals surface area contributed by atoms with Crippen molar-refractivity contribution in [3.05, 3.63) is 41.1 Å². The number of rotatable bonds is 2. The van der Waals surface area contributed by atoms with Gasteiger partial charge in [-0.1, -0.05) is 5.18 Å². The smallest absolute Gasteiger partial charge is 0.106 e. The van der Waals surface area contributed by atoms with E-state index >= 15 is 0 Å². The van der Waals surface area contributed by atoms with E-state index in [0.29, 0.717) is 0 Å². The van der Waals surface area contributed by atoms with Crippen LogP contribution in [0, 0.1) is 4.91 Å². The Morgan fingerprint density at radius 3 is 3.25 bits per heavy atom. The maximum absolute atomic E-state index is 9.98. The molecule has 0 aliphatic heterocycles. The Balaban J connectivity index is 2.52. The molecule has 0 fully saturated rings. The molecule has 0 saturated carbocycles. The van der Waals surface area contributed by atoms with Crippen LogP contribution in [0.2, 0.25) is 0 Å². The van der Waals surface area contributed by atoms with Gasteiger partial charge in [0.1, 0.15) is 6.54 Å². The zero-order valence-corrected chi connectivity index (χ0v) is 6.34. The van der Waals surface area contributed by atoms with Crippen molar-refractivity contribution in [1.82, 2.24) is 9.61 Å². The van der Waals surface area contributed by atoms with Crippen LogP contribution in [-0.4, -0.2) is 9.61 Å². The topological polar surface area (TPSA) is 46.7 Å².